The molecule has 1 atom stereocenters. The third-order valence-electron chi connectivity index (χ3n) is 5.20. The Kier molecular flexibility index (Phi) is 6.26. The molecule has 3 aromatic rings. The number of anilines is 2. The Bertz CT molecular complexity index is 1020. The molecule has 0 bridgehead atoms. The topological polar surface area (TPSA) is 97.6 Å². The third-order valence-corrected chi connectivity index (χ3v) is 5.20. The van der Waals surface area contributed by atoms with Gasteiger partial charge < -0.3 is 19.4 Å². The number of piperidine rings is 1. The van der Waals surface area contributed by atoms with E-state index in [-0.39, 0.29) is 17.8 Å². The van der Waals surface area contributed by atoms with Crippen LogP contribution in [0.2, 0.25) is 0 Å². The highest BCUT2D eigenvalue weighted by atomic mass is 16.5. The number of furan rings is 1. The maximum atomic E-state index is 12.8. The Morgan fingerprint density at radius 3 is 2.68 bits per heavy atom. The first-order chi connectivity index (χ1) is 15.1. The average Bonchev–Trinajstić information content (AvgIpc) is 3.35. The Morgan fingerprint density at radius 1 is 1.16 bits per heavy atom. The SMILES string of the molecule is CCOC(=O)c1ccc(NC(=O)C2CCCN(c3ccc(-c4ccco4)nn3)C2)cc1. The van der Waals surface area contributed by atoms with E-state index in [9.17, 15) is 9.59 Å². The van der Waals surface area contributed by atoms with Crippen LogP contribution < -0.4 is 10.2 Å². The highest BCUT2D eigenvalue weighted by Crippen LogP contribution is 2.24. The van der Waals surface area contributed by atoms with Crippen LogP contribution in [-0.2, 0) is 9.53 Å². The quantitative estimate of drug-likeness (QED) is 0.606. The maximum Gasteiger partial charge on any atom is 0.338 e. The van der Waals surface area contributed by atoms with Crippen LogP contribution in [0.5, 0.6) is 0 Å². The Balaban J connectivity index is 1.37. The Morgan fingerprint density at radius 2 is 2.00 bits per heavy atom. The molecule has 1 fully saturated rings. The zero-order valence-corrected chi connectivity index (χ0v) is 17.3. The van der Waals surface area contributed by atoms with E-state index in [4.69, 9.17) is 9.15 Å². The number of carbonyl (C=O) groups excluding carboxylic acids is 2. The number of ether oxygens (including phenoxy) is 1. The van der Waals surface area contributed by atoms with Crippen molar-refractivity contribution < 1.29 is 18.7 Å². The first-order valence-electron chi connectivity index (χ1n) is 10.3. The number of benzene rings is 1. The lowest BCUT2D eigenvalue weighted by atomic mass is 9.97. The number of carbonyl (C=O) groups is 2. The number of hydrogen-bond acceptors (Lipinski definition) is 7. The molecular weight excluding hydrogens is 396 g/mol. The van der Waals surface area contributed by atoms with Crippen molar-refractivity contribution in [2.45, 2.75) is 19.8 Å². The number of hydrogen-bond donors (Lipinski definition) is 1. The summed E-state index contributed by atoms with van der Waals surface area (Å²) in [5.41, 5.74) is 1.78. The average molecular weight is 420 g/mol. The molecule has 0 aliphatic carbocycles. The summed E-state index contributed by atoms with van der Waals surface area (Å²) in [6, 6.07) is 14.1. The molecule has 0 spiro atoms. The number of aromatic nitrogens is 2. The van der Waals surface area contributed by atoms with Gasteiger partial charge in [0.05, 0.1) is 24.4 Å². The summed E-state index contributed by atoms with van der Waals surface area (Å²) in [7, 11) is 0. The van der Waals surface area contributed by atoms with Crippen LogP contribution in [0.1, 0.15) is 30.1 Å². The predicted molar refractivity (Wildman–Crippen MR) is 116 cm³/mol. The molecule has 2 aromatic heterocycles. The summed E-state index contributed by atoms with van der Waals surface area (Å²) < 4.78 is 10.3. The molecule has 1 aliphatic heterocycles. The molecule has 0 saturated carbocycles. The molecule has 31 heavy (non-hydrogen) atoms. The molecule has 1 unspecified atom stereocenters. The van der Waals surface area contributed by atoms with Crippen LogP contribution in [0.15, 0.2) is 59.2 Å². The normalized spacial score (nSPS) is 16.0. The van der Waals surface area contributed by atoms with E-state index in [0.29, 0.717) is 35.9 Å². The highest BCUT2D eigenvalue weighted by molar-refractivity contribution is 5.94. The molecule has 4 rings (SSSR count). The van der Waals surface area contributed by atoms with Gasteiger partial charge in [-0.1, -0.05) is 0 Å². The standard InChI is InChI=1S/C23H24N4O4/c1-2-30-23(29)16-7-9-18(10-8-16)24-22(28)17-5-3-13-27(15-17)21-12-11-19(25-26-21)20-6-4-14-31-20/h4,6-12,14,17H,2-3,5,13,15H2,1H3,(H,24,28). The van der Waals surface area contributed by atoms with Crippen molar-refractivity contribution in [3.05, 3.63) is 60.4 Å². The van der Waals surface area contributed by atoms with Crippen molar-refractivity contribution in [2.24, 2.45) is 5.92 Å². The number of amides is 1. The van der Waals surface area contributed by atoms with Gasteiger partial charge in [-0.2, -0.15) is 0 Å². The zero-order chi connectivity index (χ0) is 21.6. The monoisotopic (exact) mass is 420 g/mol. The number of rotatable bonds is 6. The van der Waals surface area contributed by atoms with E-state index in [2.05, 4.69) is 20.4 Å². The van der Waals surface area contributed by atoms with E-state index in [1.807, 2.05) is 24.3 Å². The van der Waals surface area contributed by atoms with Gasteiger partial charge in [0.15, 0.2) is 11.6 Å². The Hall–Kier alpha value is -3.68. The lowest BCUT2D eigenvalue weighted by Crippen LogP contribution is -2.41. The second kappa shape index (κ2) is 9.42. The van der Waals surface area contributed by atoms with Crippen molar-refractivity contribution in [3.63, 3.8) is 0 Å². The third kappa shape index (κ3) is 4.91. The molecule has 3 heterocycles. The van der Waals surface area contributed by atoms with Crippen molar-refractivity contribution in [1.29, 1.82) is 0 Å². The fourth-order valence-corrected chi connectivity index (χ4v) is 3.60. The maximum absolute atomic E-state index is 12.8. The van der Waals surface area contributed by atoms with Gasteiger partial charge in [0, 0.05) is 18.8 Å². The van der Waals surface area contributed by atoms with Crippen molar-refractivity contribution in [2.75, 3.05) is 29.9 Å². The molecule has 8 nitrogen and oxygen atoms in total. The zero-order valence-electron chi connectivity index (χ0n) is 17.3. The molecule has 8 heteroatoms. The van der Waals surface area contributed by atoms with Gasteiger partial charge in [-0.3, -0.25) is 4.79 Å². The van der Waals surface area contributed by atoms with Crippen LogP contribution in [0.4, 0.5) is 11.5 Å². The minimum Gasteiger partial charge on any atom is -0.463 e. The molecule has 1 N–H and O–H groups in total. The summed E-state index contributed by atoms with van der Waals surface area (Å²) >= 11 is 0. The molecule has 1 saturated heterocycles. The van der Waals surface area contributed by atoms with Crippen molar-refractivity contribution in [1.82, 2.24) is 10.2 Å². The first-order valence-corrected chi connectivity index (χ1v) is 10.3. The van der Waals surface area contributed by atoms with Gasteiger partial charge in [0.25, 0.3) is 0 Å². The van der Waals surface area contributed by atoms with E-state index in [1.165, 1.54) is 0 Å². The summed E-state index contributed by atoms with van der Waals surface area (Å²) in [5.74, 6) is 0.830. The van der Waals surface area contributed by atoms with E-state index >= 15 is 0 Å². The lowest BCUT2D eigenvalue weighted by molar-refractivity contribution is -0.120. The number of esters is 1. The molecule has 160 valence electrons. The van der Waals surface area contributed by atoms with Gasteiger partial charge in [-0.05, 0) is 68.3 Å². The summed E-state index contributed by atoms with van der Waals surface area (Å²) in [6.45, 7) is 3.48. The van der Waals surface area contributed by atoms with Crippen LogP contribution in [-0.4, -0.2) is 41.8 Å². The van der Waals surface area contributed by atoms with Crippen LogP contribution in [0.3, 0.4) is 0 Å². The van der Waals surface area contributed by atoms with Crippen molar-refractivity contribution >= 4 is 23.4 Å². The lowest BCUT2D eigenvalue weighted by Gasteiger charge is -2.32. The fraction of sp³-hybridized carbons (Fsp3) is 0.304. The van der Waals surface area contributed by atoms with Gasteiger partial charge >= 0.3 is 5.97 Å². The number of nitrogens with zero attached hydrogens (tertiary/aromatic N) is 3. The minimum atomic E-state index is -0.373. The predicted octanol–water partition coefficient (Wildman–Crippen LogP) is 3.77. The smallest absolute Gasteiger partial charge is 0.338 e. The summed E-state index contributed by atoms with van der Waals surface area (Å²) in [5, 5.41) is 11.5. The molecule has 0 radical (unpaired) electrons. The molecule has 1 amide bonds. The minimum absolute atomic E-state index is 0.0475. The van der Waals surface area contributed by atoms with Crippen molar-refractivity contribution in [3.8, 4) is 11.5 Å². The van der Waals surface area contributed by atoms with Gasteiger partial charge in [0.1, 0.15) is 5.69 Å². The van der Waals surface area contributed by atoms with Gasteiger partial charge in [-0.15, -0.1) is 10.2 Å². The Labute approximate surface area is 180 Å². The first kappa shape index (κ1) is 20.6. The van der Waals surface area contributed by atoms with Crippen LogP contribution >= 0.6 is 0 Å². The highest BCUT2D eigenvalue weighted by Gasteiger charge is 2.27. The van der Waals surface area contributed by atoms with Gasteiger partial charge in [0.2, 0.25) is 5.91 Å². The molecule has 1 aromatic carbocycles. The second-order valence-corrected chi connectivity index (χ2v) is 7.33. The summed E-state index contributed by atoms with van der Waals surface area (Å²) in [4.78, 5) is 26.6. The number of nitrogens with one attached hydrogen (secondary N) is 1. The van der Waals surface area contributed by atoms with Gasteiger partial charge in [-0.25, -0.2) is 4.79 Å². The molecular formula is C23H24N4O4. The largest absolute Gasteiger partial charge is 0.463 e. The second-order valence-electron chi connectivity index (χ2n) is 7.33. The molecule has 1 aliphatic rings. The van der Waals surface area contributed by atoms with Crippen LogP contribution in [0, 0.1) is 5.92 Å². The van der Waals surface area contributed by atoms with E-state index in [0.717, 1.165) is 25.2 Å². The summed E-state index contributed by atoms with van der Waals surface area (Å²) in [6.07, 6.45) is 3.30. The fourth-order valence-electron chi connectivity index (χ4n) is 3.60. The van der Waals surface area contributed by atoms with E-state index < -0.39 is 0 Å². The van der Waals surface area contributed by atoms with Crippen LogP contribution in [0.25, 0.3) is 11.5 Å². The van der Waals surface area contributed by atoms with E-state index in [1.54, 1.807) is 37.5 Å².